The zero-order chi connectivity index (χ0) is 17.0. The standard InChI is InChI=1S/C16H24N2O4S/c1-12(2)16(19)18(15-8-10-22-11-9-15)14-6-4-13(5-7-14)17-23(3,20)21/h4-7,12,15,17H,8-11H2,1-3H3. The first-order chi connectivity index (χ1) is 10.8. The van der Waals surface area contributed by atoms with E-state index in [9.17, 15) is 13.2 Å². The van der Waals surface area contributed by atoms with E-state index in [2.05, 4.69) is 4.72 Å². The number of benzene rings is 1. The van der Waals surface area contributed by atoms with Gasteiger partial charge in [-0.25, -0.2) is 8.42 Å². The van der Waals surface area contributed by atoms with Crippen LogP contribution in [0, 0.1) is 5.92 Å². The van der Waals surface area contributed by atoms with Crippen molar-refractivity contribution < 1.29 is 17.9 Å². The fraction of sp³-hybridized carbons (Fsp3) is 0.562. The molecular weight excluding hydrogens is 316 g/mol. The molecular formula is C16H24N2O4S. The van der Waals surface area contributed by atoms with Crippen LogP contribution in [0.25, 0.3) is 0 Å². The zero-order valence-corrected chi connectivity index (χ0v) is 14.6. The van der Waals surface area contributed by atoms with Crippen molar-refractivity contribution in [3.05, 3.63) is 24.3 Å². The Hall–Kier alpha value is -1.60. The van der Waals surface area contributed by atoms with Crippen LogP contribution in [0.3, 0.4) is 0 Å². The van der Waals surface area contributed by atoms with Crippen molar-refractivity contribution in [1.82, 2.24) is 0 Å². The smallest absolute Gasteiger partial charge is 0.229 e. The number of amides is 1. The van der Waals surface area contributed by atoms with E-state index in [0.29, 0.717) is 18.9 Å². The summed E-state index contributed by atoms with van der Waals surface area (Å²) in [4.78, 5) is 14.5. The quantitative estimate of drug-likeness (QED) is 0.892. The Bertz CT molecular complexity index is 635. The number of ether oxygens (including phenoxy) is 1. The van der Waals surface area contributed by atoms with Gasteiger partial charge < -0.3 is 9.64 Å². The van der Waals surface area contributed by atoms with Gasteiger partial charge in [0.25, 0.3) is 0 Å². The maximum Gasteiger partial charge on any atom is 0.229 e. The molecule has 0 atom stereocenters. The fourth-order valence-electron chi connectivity index (χ4n) is 2.64. The molecule has 6 nitrogen and oxygen atoms in total. The van der Waals surface area contributed by atoms with Crippen LogP contribution in [0.1, 0.15) is 26.7 Å². The fourth-order valence-corrected chi connectivity index (χ4v) is 3.21. The number of hydrogen-bond donors (Lipinski definition) is 1. The number of sulfonamides is 1. The number of rotatable bonds is 5. The molecule has 23 heavy (non-hydrogen) atoms. The lowest BCUT2D eigenvalue weighted by molar-refractivity contribution is -0.122. The highest BCUT2D eigenvalue weighted by atomic mass is 32.2. The summed E-state index contributed by atoms with van der Waals surface area (Å²) in [5, 5.41) is 0. The van der Waals surface area contributed by atoms with E-state index in [1.54, 1.807) is 24.3 Å². The summed E-state index contributed by atoms with van der Waals surface area (Å²) in [7, 11) is -3.31. The minimum atomic E-state index is -3.31. The Labute approximate surface area is 137 Å². The van der Waals surface area contributed by atoms with Gasteiger partial charge in [-0.2, -0.15) is 0 Å². The van der Waals surface area contributed by atoms with Crippen LogP contribution in [0.4, 0.5) is 11.4 Å². The first-order valence-corrected chi connectivity index (χ1v) is 9.66. The van der Waals surface area contributed by atoms with Crippen LogP contribution in [0.5, 0.6) is 0 Å². The summed E-state index contributed by atoms with van der Waals surface area (Å²) < 4.78 is 30.4. The van der Waals surface area contributed by atoms with Gasteiger partial charge in [0.15, 0.2) is 0 Å². The Kier molecular flexibility index (Phi) is 5.64. The van der Waals surface area contributed by atoms with E-state index >= 15 is 0 Å². The van der Waals surface area contributed by atoms with Gasteiger partial charge in [0.05, 0.1) is 6.26 Å². The van der Waals surface area contributed by atoms with E-state index in [4.69, 9.17) is 4.74 Å². The largest absolute Gasteiger partial charge is 0.381 e. The summed E-state index contributed by atoms with van der Waals surface area (Å²) >= 11 is 0. The number of nitrogens with zero attached hydrogens (tertiary/aromatic N) is 1. The monoisotopic (exact) mass is 340 g/mol. The molecule has 1 saturated heterocycles. The molecule has 1 aliphatic heterocycles. The molecule has 1 N–H and O–H groups in total. The summed E-state index contributed by atoms with van der Waals surface area (Å²) in [5.41, 5.74) is 1.27. The Morgan fingerprint density at radius 3 is 2.26 bits per heavy atom. The van der Waals surface area contributed by atoms with Gasteiger partial charge in [-0.3, -0.25) is 9.52 Å². The second kappa shape index (κ2) is 7.31. The highest BCUT2D eigenvalue weighted by molar-refractivity contribution is 7.92. The third kappa shape index (κ3) is 4.94. The molecule has 1 aromatic rings. The van der Waals surface area contributed by atoms with Crippen molar-refractivity contribution in [3.8, 4) is 0 Å². The minimum Gasteiger partial charge on any atom is -0.381 e. The average molecular weight is 340 g/mol. The first kappa shape index (κ1) is 17.7. The van der Waals surface area contributed by atoms with Crippen LogP contribution in [0.2, 0.25) is 0 Å². The average Bonchev–Trinajstić information content (AvgIpc) is 2.48. The van der Waals surface area contributed by atoms with Crippen LogP contribution in [0.15, 0.2) is 24.3 Å². The Morgan fingerprint density at radius 2 is 1.78 bits per heavy atom. The van der Waals surface area contributed by atoms with Crippen molar-refractivity contribution in [2.24, 2.45) is 5.92 Å². The van der Waals surface area contributed by atoms with Crippen molar-refractivity contribution in [2.75, 3.05) is 29.1 Å². The van der Waals surface area contributed by atoms with Gasteiger partial charge >= 0.3 is 0 Å². The SMILES string of the molecule is CC(C)C(=O)N(c1ccc(NS(C)(=O)=O)cc1)C1CCOCC1. The molecule has 2 rings (SSSR count). The van der Waals surface area contributed by atoms with Gasteiger partial charge in [-0.15, -0.1) is 0 Å². The number of carbonyl (C=O) groups is 1. The molecule has 1 heterocycles. The van der Waals surface area contributed by atoms with Crippen molar-refractivity contribution in [3.63, 3.8) is 0 Å². The topological polar surface area (TPSA) is 75.7 Å². The first-order valence-electron chi connectivity index (χ1n) is 7.76. The molecule has 1 aliphatic rings. The molecule has 0 spiro atoms. The van der Waals surface area contributed by atoms with Crippen LogP contribution in [-0.4, -0.2) is 39.8 Å². The van der Waals surface area contributed by atoms with E-state index in [1.165, 1.54) is 0 Å². The normalized spacial score (nSPS) is 16.3. The summed E-state index contributed by atoms with van der Waals surface area (Å²) in [6.07, 6.45) is 2.72. The number of anilines is 2. The molecule has 0 aliphatic carbocycles. The number of hydrogen-bond acceptors (Lipinski definition) is 4. The Balaban J connectivity index is 2.26. The third-order valence-corrected chi connectivity index (χ3v) is 4.34. The maximum absolute atomic E-state index is 12.6. The lowest BCUT2D eigenvalue weighted by Crippen LogP contribution is -2.45. The van der Waals surface area contributed by atoms with Crippen LogP contribution < -0.4 is 9.62 Å². The van der Waals surface area contributed by atoms with Gasteiger partial charge in [0.2, 0.25) is 15.9 Å². The molecule has 0 radical (unpaired) electrons. The molecule has 0 aromatic heterocycles. The molecule has 0 bridgehead atoms. The summed E-state index contributed by atoms with van der Waals surface area (Å²) in [6, 6.07) is 7.03. The summed E-state index contributed by atoms with van der Waals surface area (Å²) in [6.45, 7) is 5.07. The van der Waals surface area contributed by atoms with Crippen molar-refractivity contribution in [2.45, 2.75) is 32.7 Å². The lowest BCUT2D eigenvalue weighted by Gasteiger charge is -2.35. The highest BCUT2D eigenvalue weighted by Crippen LogP contribution is 2.26. The van der Waals surface area contributed by atoms with E-state index in [-0.39, 0.29) is 17.9 Å². The van der Waals surface area contributed by atoms with Crippen LogP contribution in [-0.2, 0) is 19.6 Å². The van der Waals surface area contributed by atoms with Crippen molar-refractivity contribution in [1.29, 1.82) is 0 Å². The predicted molar refractivity (Wildman–Crippen MR) is 91.1 cm³/mol. The van der Waals surface area contributed by atoms with E-state index in [0.717, 1.165) is 24.8 Å². The Morgan fingerprint density at radius 1 is 1.22 bits per heavy atom. The van der Waals surface area contributed by atoms with Crippen molar-refractivity contribution >= 4 is 27.3 Å². The highest BCUT2D eigenvalue weighted by Gasteiger charge is 2.28. The minimum absolute atomic E-state index is 0.0701. The second-order valence-corrected chi connectivity index (χ2v) is 7.88. The van der Waals surface area contributed by atoms with Gasteiger partial charge in [-0.05, 0) is 37.1 Å². The molecule has 1 amide bonds. The molecule has 7 heteroatoms. The van der Waals surface area contributed by atoms with E-state index in [1.807, 2.05) is 18.7 Å². The second-order valence-electron chi connectivity index (χ2n) is 6.13. The zero-order valence-electron chi connectivity index (χ0n) is 13.8. The molecule has 1 fully saturated rings. The van der Waals surface area contributed by atoms with Gasteiger partial charge in [-0.1, -0.05) is 13.8 Å². The van der Waals surface area contributed by atoms with Crippen LogP contribution >= 0.6 is 0 Å². The molecule has 0 saturated carbocycles. The third-order valence-electron chi connectivity index (χ3n) is 3.74. The van der Waals surface area contributed by atoms with E-state index < -0.39 is 10.0 Å². The summed E-state index contributed by atoms with van der Waals surface area (Å²) in [5.74, 6) is -0.0348. The predicted octanol–water partition coefficient (Wildman–Crippen LogP) is 2.23. The van der Waals surface area contributed by atoms with Gasteiger partial charge in [0.1, 0.15) is 0 Å². The molecule has 1 aromatic carbocycles. The number of carbonyl (C=O) groups excluding carboxylic acids is 1. The molecule has 0 unspecified atom stereocenters. The molecule has 128 valence electrons. The van der Waals surface area contributed by atoms with Gasteiger partial charge in [0, 0.05) is 36.5 Å². The lowest BCUT2D eigenvalue weighted by atomic mass is 10.0. The number of nitrogens with one attached hydrogen (secondary N) is 1. The maximum atomic E-state index is 12.6.